The van der Waals surface area contributed by atoms with Crippen molar-refractivity contribution in [1.82, 2.24) is 15.4 Å². The first-order chi connectivity index (χ1) is 12.2. The number of fused-ring (bicyclic) bond motifs is 2. The number of carbonyl (C=O) groups excluding carboxylic acids is 2. The summed E-state index contributed by atoms with van der Waals surface area (Å²) in [6.07, 6.45) is 3.74. The molecule has 2 heterocycles. The maximum absolute atomic E-state index is 12.6. The van der Waals surface area contributed by atoms with Crippen LogP contribution in [-0.4, -0.2) is 26.9 Å². The number of aryl methyl sites for hydroxylation is 2. The molecule has 0 aliphatic heterocycles. The summed E-state index contributed by atoms with van der Waals surface area (Å²) in [6, 6.07) is 0. The summed E-state index contributed by atoms with van der Waals surface area (Å²) >= 11 is 0. The van der Waals surface area contributed by atoms with Gasteiger partial charge in [0.1, 0.15) is 5.76 Å². The van der Waals surface area contributed by atoms with Crippen LogP contribution in [0.4, 0.5) is 0 Å². The molecule has 0 unspecified atom stereocenters. The normalized spacial score (nSPS) is 20.8. The van der Waals surface area contributed by atoms with Crippen molar-refractivity contribution < 1.29 is 14.1 Å². The van der Waals surface area contributed by atoms with Crippen molar-refractivity contribution >= 4 is 11.6 Å². The van der Waals surface area contributed by atoms with Crippen molar-refractivity contribution in [3.05, 3.63) is 34.0 Å². The number of ketones is 2. The lowest BCUT2D eigenvalue weighted by molar-refractivity contribution is 0.0894. The van der Waals surface area contributed by atoms with E-state index in [0.29, 0.717) is 42.7 Å². The highest BCUT2D eigenvalue weighted by Gasteiger charge is 2.37. The van der Waals surface area contributed by atoms with Crippen LogP contribution in [0.3, 0.4) is 0 Å². The second-order valence-electron chi connectivity index (χ2n) is 9.33. The molecule has 0 fully saturated rings. The fourth-order valence-electron chi connectivity index (χ4n) is 4.35. The standard InChI is InChI=1S/C20H25N3O3/c1-19(2)7-13-17(14(24)8-19)11(21-22-13)5-6-12-18-15(25)9-20(3,4)10-16(18)26-23-12/h5-10H2,1-4H3,(H,21,22). The topological polar surface area (TPSA) is 88.8 Å². The number of nitrogens with zero attached hydrogens (tertiary/aromatic N) is 2. The molecular weight excluding hydrogens is 330 g/mol. The molecule has 0 saturated heterocycles. The highest BCUT2D eigenvalue weighted by atomic mass is 16.5. The number of carbonyl (C=O) groups is 2. The number of hydrogen-bond donors (Lipinski definition) is 1. The highest BCUT2D eigenvalue weighted by molar-refractivity contribution is 6.00. The molecule has 0 spiro atoms. The van der Waals surface area contributed by atoms with Crippen LogP contribution in [0.5, 0.6) is 0 Å². The molecule has 4 rings (SSSR count). The summed E-state index contributed by atoms with van der Waals surface area (Å²) in [7, 11) is 0. The van der Waals surface area contributed by atoms with Crippen molar-refractivity contribution in [2.24, 2.45) is 10.8 Å². The summed E-state index contributed by atoms with van der Waals surface area (Å²) in [5.41, 5.74) is 3.69. The third-order valence-electron chi connectivity index (χ3n) is 5.48. The maximum atomic E-state index is 12.6. The van der Waals surface area contributed by atoms with Crippen LogP contribution in [0.15, 0.2) is 4.52 Å². The lowest BCUT2D eigenvalue weighted by Crippen LogP contribution is -2.27. The molecule has 0 saturated carbocycles. The van der Waals surface area contributed by atoms with E-state index in [1.54, 1.807) is 0 Å². The minimum absolute atomic E-state index is 0.0295. The predicted octanol–water partition coefficient (Wildman–Crippen LogP) is 3.49. The quantitative estimate of drug-likeness (QED) is 0.910. The first-order valence-corrected chi connectivity index (χ1v) is 9.25. The Balaban J connectivity index is 1.56. The van der Waals surface area contributed by atoms with Crippen molar-refractivity contribution in [3.63, 3.8) is 0 Å². The SMILES string of the molecule is CC1(C)CC(=O)c2c(CCc3noc4c3C(=O)CC(C)(C)C4)n[nH]c2C1. The van der Waals surface area contributed by atoms with Gasteiger partial charge in [-0.15, -0.1) is 0 Å². The second kappa shape index (κ2) is 5.63. The molecule has 0 amide bonds. The van der Waals surface area contributed by atoms with Crippen LogP contribution >= 0.6 is 0 Å². The molecule has 2 aliphatic rings. The van der Waals surface area contributed by atoms with E-state index in [0.717, 1.165) is 29.8 Å². The van der Waals surface area contributed by atoms with Gasteiger partial charge in [-0.05, 0) is 30.1 Å². The van der Waals surface area contributed by atoms with E-state index in [1.807, 2.05) is 0 Å². The Hall–Kier alpha value is -2.24. The summed E-state index contributed by atoms with van der Waals surface area (Å²) in [5.74, 6) is 0.956. The molecule has 0 aromatic carbocycles. The molecule has 2 aliphatic carbocycles. The van der Waals surface area contributed by atoms with Gasteiger partial charge in [0, 0.05) is 25.0 Å². The Bertz CT molecular complexity index is 827. The monoisotopic (exact) mass is 355 g/mol. The van der Waals surface area contributed by atoms with Gasteiger partial charge in [0.05, 0.1) is 22.5 Å². The van der Waals surface area contributed by atoms with E-state index < -0.39 is 0 Å². The molecule has 6 heteroatoms. The Morgan fingerprint density at radius 3 is 2.23 bits per heavy atom. The van der Waals surface area contributed by atoms with Crippen LogP contribution in [0.25, 0.3) is 0 Å². The molecule has 1 N–H and O–H groups in total. The van der Waals surface area contributed by atoms with Crippen LogP contribution in [0.2, 0.25) is 0 Å². The lowest BCUT2D eigenvalue weighted by atomic mass is 9.75. The van der Waals surface area contributed by atoms with Crippen molar-refractivity contribution in [1.29, 1.82) is 0 Å². The molecule has 2 aromatic heterocycles. The van der Waals surface area contributed by atoms with Gasteiger partial charge in [0.25, 0.3) is 0 Å². The average Bonchev–Trinajstić information content (AvgIpc) is 3.06. The molecule has 6 nitrogen and oxygen atoms in total. The molecule has 0 radical (unpaired) electrons. The third kappa shape index (κ3) is 2.91. The fourth-order valence-corrected chi connectivity index (χ4v) is 4.35. The first-order valence-electron chi connectivity index (χ1n) is 9.25. The third-order valence-corrected chi connectivity index (χ3v) is 5.48. The van der Waals surface area contributed by atoms with E-state index in [2.05, 4.69) is 43.0 Å². The van der Waals surface area contributed by atoms with Gasteiger partial charge in [-0.3, -0.25) is 14.7 Å². The zero-order chi connectivity index (χ0) is 18.7. The fraction of sp³-hybridized carbons (Fsp3) is 0.600. The smallest absolute Gasteiger partial charge is 0.168 e. The minimum Gasteiger partial charge on any atom is -0.360 e. The number of aromatic amines is 1. The predicted molar refractivity (Wildman–Crippen MR) is 95.4 cm³/mol. The molecule has 26 heavy (non-hydrogen) atoms. The zero-order valence-corrected chi connectivity index (χ0v) is 15.9. The highest BCUT2D eigenvalue weighted by Crippen LogP contribution is 2.37. The van der Waals surface area contributed by atoms with E-state index in [-0.39, 0.29) is 22.4 Å². The summed E-state index contributed by atoms with van der Waals surface area (Å²) in [4.78, 5) is 25.1. The van der Waals surface area contributed by atoms with Crippen LogP contribution in [0.1, 0.15) is 84.1 Å². The van der Waals surface area contributed by atoms with Gasteiger partial charge < -0.3 is 4.52 Å². The number of aromatic nitrogens is 3. The number of rotatable bonds is 3. The van der Waals surface area contributed by atoms with Crippen molar-refractivity contribution in [3.8, 4) is 0 Å². The molecular formula is C20H25N3O3. The molecule has 0 atom stereocenters. The average molecular weight is 355 g/mol. The Kier molecular flexibility index (Phi) is 3.72. The Morgan fingerprint density at radius 1 is 0.885 bits per heavy atom. The zero-order valence-electron chi connectivity index (χ0n) is 15.9. The van der Waals surface area contributed by atoms with Crippen LogP contribution in [-0.2, 0) is 25.7 Å². The largest absolute Gasteiger partial charge is 0.360 e. The molecule has 2 aromatic rings. The van der Waals surface area contributed by atoms with Gasteiger partial charge in [-0.25, -0.2) is 0 Å². The van der Waals surface area contributed by atoms with E-state index in [9.17, 15) is 9.59 Å². The molecule has 0 bridgehead atoms. The van der Waals surface area contributed by atoms with Crippen LogP contribution < -0.4 is 0 Å². The summed E-state index contributed by atoms with van der Waals surface area (Å²) in [6.45, 7) is 8.34. The minimum atomic E-state index is -0.0820. The number of H-pyrrole nitrogens is 1. The van der Waals surface area contributed by atoms with Crippen molar-refractivity contribution in [2.75, 3.05) is 0 Å². The van der Waals surface area contributed by atoms with Gasteiger partial charge in [0.15, 0.2) is 11.6 Å². The maximum Gasteiger partial charge on any atom is 0.168 e. The summed E-state index contributed by atoms with van der Waals surface area (Å²) in [5, 5.41) is 11.6. The van der Waals surface area contributed by atoms with Gasteiger partial charge in [-0.1, -0.05) is 32.9 Å². The molecule has 138 valence electrons. The van der Waals surface area contributed by atoms with E-state index >= 15 is 0 Å². The van der Waals surface area contributed by atoms with E-state index in [1.165, 1.54) is 0 Å². The summed E-state index contributed by atoms with van der Waals surface area (Å²) < 4.78 is 5.46. The van der Waals surface area contributed by atoms with Gasteiger partial charge in [0.2, 0.25) is 0 Å². The number of hydrogen-bond acceptors (Lipinski definition) is 5. The Morgan fingerprint density at radius 2 is 1.50 bits per heavy atom. The lowest BCUT2D eigenvalue weighted by Gasteiger charge is -2.28. The van der Waals surface area contributed by atoms with Crippen LogP contribution in [0, 0.1) is 10.8 Å². The van der Waals surface area contributed by atoms with E-state index in [4.69, 9.17) is 4.52 Å². The van der Waals surface area contributed by atoms with Crippen molar-refractivity contribution in [2.45, 2.75) is 66.2 Å². The Labute approximate surface area is 152 Å². The van der Waals surface area contributed by atoms with Gasteiger partial charge >= 0.3 is 0 Å². The number of nitrogens with one attached hydrogen (secondary N) is 1. The first kappa shape index (κ1) is 17.2. The van der Waals surface area contributed by atoms with Gasteiger partial charge in [-0.2, -0.15) is 5.10 Å². The second-order valence-corrected chi connectivity index (χ2v) is 9.33. The number of Topliss-reactive ketones (excluding diaryl/α,β-unsaturated/α-hetero) is 2.